The molecule has 0 aliphatic rings. The van der Waals surface area contributed by atoms with Crippen molar-refractivity contribution in [1.82, 2.24) is 13.7 Å². The van der Waals surface area contributed by atoms with E-state index in [-0.39, 0.29) is 0 Å². The van der Waals surface area contributed by atoms with Crippen LogP contribution >= 0.6 is 0 Å². The van der Waals surface area contributed by atoms with E-state index in [0.29, 0.717) is 11.3 Å². The van der Waals surface area contributed by atoms with Gasteiger partial charge in [0, 0.05) is 49.4 Å². The third kappa shape index (κ3) is 4.51. The molecule has 0 unspecified atom stereocenters. The van der Waals surface area contributed by atoms with Gasteiger partial charge >= 0.3 is 0 Å². The zero-order valence-corrected chi connectivity index (χ0v) is 29.5. The lowest BCUT2D eigenvalue weighted by atomic mass is 10.0. The molecule has 0 N–H and O–H groups in total. The van der Waals surface area contributed by atoms with Crippen molar-refractivity contribution in [2.75, 3.05) is 0 Å². The van der Waals surface area contributed by atoms with Crippen LogP contribution in [-0.4, -0.2) is 13.7 Å². The Morgan fingerprint density at radius 3 is 1.53 bits per heavy atom. The van der Waals surface area contributed by atoms with Crippen molar-refractivity contribution in [2.24, 2.45) is 0 Å². The van der Waals surface area contributed by atoms with E-state index >= 15 is 0 Å². The number of benzene rings is 8. The third-order valence-corrected chi connectivity index (χ3v) is 11.1. The van der Waals surface area contributed by atoms with Gasteiger partial charge in [-0.05, 0) is 90.0 Å². The number of aromatic nitrogens is 3. The maximum absolute atomic E-state index is 10.1. The van der Waals surface area contributed by atoms with Crippen LogP contribution < -0.4 is 0 Å². The quantitative estimate of drug-likeness (QED) is 0.169. The van der Waals surface area contributed by atoms with Crippen molar-refractivity contribution >= 4 is 71.1 Å². The summed E-state index contributed by atoms with van der Waals surface area (Å²) in [7, 11) is 0. The second-order valence-corrected chi connectivity index (χ2v) is 14.0. The van der Waals surface area contributed by atoms with Crippen LogP contribution in [0.3, 0.4) is 0 Å². The highest BCUT2D eigenvalue weighted by atomic mass is 15.0. The number of nitrogens with zero attached hydrogens (tertiary/aromatic N) is 5. The van der Waals surface area contributed by atoms with Crippen LogP contribution in [0.15, 0.2) is 176 Å². The van der Waals surface area contributed by atoms with Crippen LogP contribution in [-0.2, 0) is 0 Å². The zero-order valence-electron chi connectivity index (χ0n) is 29.5. The maximum Gasteiger partial charge on any atom is 0.189 e. The van der Waals surface area contributed by atoms with E-state index in [1.807, 2.05) is 36.4 Å². The second kappa shape index (κ2) is 11.8. The Bertz CT molecular complexity index is 3400. The third-order valence-electron chi connectivity index (χ3n) is 11.1. The largest absolute Gasteiger partial charge is 0.309 e. The molecule has 254 valence electrons. The molecular weight excluding hydrogens is 671 g/mol. The van der Waals surface area contributed by atoms with E-state index in [2.05, 4.69) is 164 Å². The Hall–Kier alpha value is -7.86. The first-order valence-corrected chi connectivity index (χ1v) is 18.3. The van der Waals surface area contributed by atoms with Crippen molar-refractivity contribution in [2.45, 2.75) is 0 Å². The summed E-state index contributed by atoms with van der Waals surface area (Å²) in [5.74, 6) is 0. The number of fused-ring (bicyclic) bond motifs is 9. The summed E-state index contributed by atoms with van der Waals surface area (Å²) in [6, 6.07) is 63.7. The topological polar surface area (TPSA) is 42.9 Å². The van der Waals surface area contributed by atoms with Crippen molar-refractivity contribution in [3.63, 3.8) is 0 Å². The number of rotatable bonds is 4. The average Bonchev–Trinajstić information content (AvgIpc) is 3.89. The molecular formula is C50H29N5. The van der Waals surface area contributed by atoms with Gasteiger partial charge in [0.15, 0.2) is 5.69 Å². The van der Waals surface area contributed by atoms with Gasteiger partial charge in [-0.3, -0.25) is 0 Å². The fraction of sp³-hybridized carbons (Fsp3) is 0. The lowest BCUT2D eigenvalue weighted by Crippen LogP contribution is -1.97. The fourth-order valence-electron chi connectivity index (χ4n) is 8.71. The van der Waals surface area contributed by atoms with E-state index in [1.165, 1.54) is 32.6 Å². The van der Waals surface area contributed by atoms with Crippen LogP contribution in [0, 0.1) is 17.9 Å². The molecule has 11 aromatic rings. The smallest absolute Gasteiger partial charge is 0.189 e. The molecule has 5 nitrogen and oxygen atoms in total. The Morgan fingerprint density at radius 1 is 0.400 bits per heavy atom. The van der Waals surface area contributed by atoms with E-state index in [9.17, 15) is 5.26 Å². The van der Waals surface area contributed by atoms with E-state index in [0.717, 1.165) is 61.0 Å². The first-order chi connectivity index (χ1) is 27.2. The highest BCUT2D eigenvalue weighted by Gasteiger charge is 2.18. The number of hydrogen-bond acceptors (Lipinski definition) is 1. The predicted molar refractivity (Wildman–Crippen MR) is 226 cm³/mol. The molecule has 0 spiro atoms. The molecule has 3 heterocycles. The number of hydrogen-bond donors (Lipinski definition) is 0. The normalized spacial score (nSPS) is 11.6. The Morgan fingerprint density at radius 2 is 0.909 bits per heavy atom. The zero-order chi connectivity index (χ0) is 36.6. The molecule has 0 bridgehead atoms. The van der Waals surface area contributed by atoms with Crippen molar-refractivity contribution in [1.29, 1.82) is 5.26 Å². The summed E-state index contributed by atoms with van der Waals surface area (Å²) in [4.78, 5) is 3.88. The molecule has 0 radical (unpaired) electrons. The molecule has 0 saturated carbocycles. The molecule has 0 amide bonds. The maximum atomic E-state index is 10.1. The Kier molecular flexibility index (Phi) is 6.61. The van der Waals surface area contributed by atoms with Gasteiger partial charge in [-0.15, -0.1) is 0 Å². The van der Waals surface area contributed by atoms with E-state index in [4.69, 9.17) is 6.57 Å². The summed E-state index contributed by atoms with van der Waals surface area (Å²) >= 11 is 0. The second-order valence-electron chi connectivity index (χ2n) is 14.0. The van der Waals surface area contributed by atoms with Gasteiger partial charge in [0.05, 0.1) is 45.2 Å². The number of nitriles is 1. The molecule has 0 fully saturated rings. The van der Waals surface area contributed by atoms with E-state index in [1.54, 1.807) is 0 Å². The van der Waals surface area contributed by atoms with Crippen LogP contribution in [0.4, 0.5) is 5.69 Å². The molecule has 0 aliphatic heterocycles. The van der Waals surface area contributed by atoms with Gasteiger partial charge in [-0.25, -0.2) is 4.85 Å². The fourth-order valence-corrected chi connectivity index (χ4v) is 8.71. The van der Waals surface area contributed by atoms with Crippen LogP contribution in [0.1, 0.15) is 5.56 Å². The minimum Gasteiger partial charge on any atom is -0.309 e. The summed E-state index contributed by atoms with van der Waals surface area (Å²) < 4.78 is 6.84. The lowest BCUT2D eigenvalue weighted by Gasteiger charge is -2.13. The van der Waals surface area contributed by atoms with Gasteiger partial charge in [0.1, 0.15) is 6.07 Å². The minimum atomic E-state index is 0.540. The number of para-hydroxylation sites is 5. The van der Waals surface area contributed by atoms with Crippen LogP contribution in [0.25, 0.3) is 98.5 Å². The van der Waals surface area contributed by atoms with Gasteiger partial charge in [0.2, 0.25) is 0 Å². The average molecular weight is 700 g/mol. The highest BCUT2D eigenvalue weighted by molar-refractivity contribution is 6.13. The minimum absolute atomic E-state index is 0.540. The standard InChI is InChI=1S/C50H29N5/c1-52-35-27-34(28-38(29-35)55-48-20-9-4-14-41(48)43-16-10-11-33(31-51)50(43)55)32-21-23-36(24-22-32)53-47-19-8-5-15-42(47)44-30-37(25-26-49(44)53)54-45-17-6-2-12-39(45)40-13-3-7-18-46(40)54/h2-30H. The summed E-state index contributed by atoms with van der Waals surface area (Å²) in [5, 5.41) is 17.1. The monoisotopic (exact) mass is 699 g/mol. The summed E-state index contributed by atoms with van der Waals surface area (Å²) in [6.45, 7) is 8.01. The Balaban J connectivity index is 1.05. The summed E-state index contributed by atoms with van der Waals surface area (Å²) in [6.07, 6.45) is 0. The molecule has 3 aromatic heterocycles. The van der Waals surface area contributed by atoms with Crippen molar-refractivity contribution < 1.29 is 0 Å². The Labute approximate surface area is 316 Å². The van der Waals surface area contributed by atoms with Gasteiger partial charge < -0.3 is 13.7 Å². The molecule has 11 rings (SSSR count). The molecule has 0 aliphatic carbocycles. The van der Waals surface area contributed by atoms with E-state index < -0.39 is 0 Å². The first kappa shape index (κ1) is 30.7. The SMILES string of the molecule is [C-]#[N+]c1cc(-c2ccc(-n3c4ccccc4c4cc(-n5c6ccccc6c6ccccc65)ccc43)cc2)cc(-n2c3ccccc3c3cccc(C#N)c32)c1. The van der Waals surface area contributed by atoms with Gasteiger partial charge in [-0.2, -0.15) is 5.26 Å². The molecule has 5 heteroatoms. The highest BCUT2D eigenvalue weighted by Crippen LogP contribution is 2.39. The van der Waals surface area contributed by atoms with Gasteiger partial charge in [-0.1, -0.05) is 97.1 Å². The molecule has 8 aromatic carbocycles. The molecule has 55 heavy (non-hydrogen) atoms. The summed E-state index contributed by atoms with van der Waals surface area (Å²) in [5.41, 5.74) is 12.6. The predicted octanol–water partition coefficient (Wildman–Crippen LogP) is 13.1. The molecule has 0 saturated heterocycles. The molecule has 0 atom stereocenters. The lowest BCUT2D eigenvalue weighted by molar-refractivity contribution is 1.16. The van der Waals surface area contributed by atoms with Crippen molar-refractivity contribution in [3.05, 3.63) is 193 Å². The van der Waals surface area contributed by atoms with Crippen LogP contribution in [0.5, 0.6) is 0 Å². The van der Waals surface area contributed by atoms with Crippen LogP contribution in [0.2, 0.25) is 0 Å². The van der Waals surface area contributed by atoms with Gasteiger partial charge in [0.25, 0.3) is 0 Å². The first-order valence-electron chi connectivity index (χ1n) is 18.3. The van der Waals surface area contributed by atoms with Crippen molar-refractivity contribution in [3.8, 4) is 34.3 Å².